The average Bonchev–Trinajstić information content (AvgIpc) is 2.55. The standard InChI is InChI=1S/C19H24N2O3S/c1-5-21(6-2)25(23,24)18-9-7-17(8-10-18)20-19(22)16-12-14(3)11-15(4)13-16/h7-13H,5-6H2,1-4H3,(H,20,22). The van der Waals surface area contributed by atoms with Gasteiger partial charge in [0.1, 0.15) is 0 Å². The maximum absolute atomic E-state index is 12.5. The Hall–Kier alpha value is -2.18. The van der Waals surface area contributed by atoms with E-state index in [9.17, 15) is 13.2 Å². The Bertz CT molecular complexity index is 834. The third-order valence-corrected chi connectivity index (χ3v) is 6.00. The fourth-order valence-electron chi connectivity index (χ4n) is 2.73. The molecule has 1 amide bonds. The summed E-state index contributed by atoms with van der Waals surface area (Å²) in [6, 6.07) is 11.9. The van der Waals surface area contributed by atoms with Crippen molar-refractivity contribution in [2.24, 2.45) is 0 Å². The van der Waals surface area contributed by atoms with Crippen LogP contribution < -0.4 is 5.32 Å². The molecule has 5 nitrogen and oxygen atoms in total. The van der Waals surface area contributed by atoms with Gasteiger partial charge in [-0.1, -0.05) is 31.0 Å². The Kier molecular flexibility index (Phi) is 5.98. The largest absolute Gasteiger partial charge is 0.322 e. The number of nitrogens with zero attached hydrogens (tertiary/aromatic N) is 1. The van der Waals surface area contributed by atoms with Gasteiger partial charge < -0.3 is 5.32 Å². The molecule has 0 atom stereocenters. The SMILES string of the molecule is CCN(CC)S(=O)(=O)c1ccc(NC(=O)c2cc(C)cc(C)c2)cc1. The van der Waals surface area contributed by atoms with E-state index < -0.39 is 10.0 Å². The van der Waals surface area contributed by atoms with E-state index in [2.05, 4.69) is 5.32 Å². The molecule has 0 bridgehead atoms. The van der Waals surface area contributed by atoms with Crippen LogP contribution in [0.25, 0.3) is 0 Å². The zero-order chi connectivity index (χ0) is 18.6. The molecule has 0 fully saturated rings. The molecule has 1 N–H and O–H groups in total. The number of carbonyl (C=O) groups excluding carboxylic acids is 1. The molecule has 134 valence electrons. The maximum Gasteiger partial charge on any atom is 0.255 e. The van der Waals surface area contributed by atoms with Gasteiger partial charge in [-0.3, -0.25) is 4.79 Å². The number of hydrogen-bond donors (Lipinski definition) is 1. The van der Waals surface area contributed by atoms with Crippen molar-refractivity contribution in [3.63, 3.8) is 0 Å². The molecule has 6 heteroatoms. The second kappa shape index (κ2) is 7.80. The summed E-state index contributed by atoms with van der Waals surface area (Å²) in [4.78, 5) is 12.6. The van der Waals surface area contributed by atoms with Crippen molar-refractivity contribution in [3.05, 3.63) is 59.2 Å². The van der Waals surface area contributed by atoms with E-state index >= 15 is 0 Å². The highest BCUT2D eigenvalue weighted by Gasteiger charge is 2.21. The van der Waals surface area contributed by atoms with Crippen LogP contribution in [0.1, 0.15) is 35.3 Å². The smallest absolute Gasteiger partial charge is 0.255 e. The lowest BCUT2D eigenvalue weighted by Gasteiger charge is -2.18. The van der Waals surface area contributed by atoms with Gasteiger partial charge in [-0.05, 0) is 50.2 Å². The molecular formula is C19H24N2O3S. The van der Waals surface area contributed by atoms with E-state index in [0.717, 1.165) is 11.1 Å². The van der Waals surface area contributed by atoms with E-state index in [1.807, 2.05) is 32.0 Å². The van der Waals surface area contributed by atoms with Crippen LogP contribution in [0.3, 0.4) is 0 Å². The molecule has 0 unspecified atom stereocenters. The van der Waals surface area contributed by atoms with Gasteiger partial charge in [-0.2, -0.15) is 4.31 Å². The topological polar surface area (TPSA) is 66.5 Å². The fraction of sp³-hybridized carbons (Fsp3) is 0.316. The molecule has 0 aliphatic rings. The van der Waals surface area contributed by atoms with Crippen LogP contribution in [0.4, 0.5) is 5.69 Å². The van der Waals surface area contributed by atoms with Gasteiger partial charge in [0, 0.05) is 24.3 Å². The minimum absolute atomic E-state index is 0.217. The van der Waals surface area contributed by atoms with Gasteiger partial charge in [0.15, 0.2) is 0 Å². The molecule has 0 saturated heterocycles. The summed E-state index contributed by atoms with van der Waals surface area (Å²) >= 11 is 0. The van der Waals surface area contributed by atoms with Crippen LogP contribution >= 0.6 is 0 Å². The monoisotopic (exact) mass is 360 g/mol. The number of hydrogen-bond acceptors (Lipinski definition) is 3. The third-order valence-electron chi connectivity index (χ3n) is 3.94. The lowest BCUT2D eigenvalue weighted by Crippen LogP contribution is -2.30. The number of amides is 1. The molecular weight excluding hydrogens is 336 g/mol. The molecule has 0 saturated carbocycles. The third kappa shape index (κ3) is 4.46. The van der Waals surface area contributed by atoms with Crippen LogP contribution in [0.5, 0.6) is 0 Å². The van der Waals surface area contributed by atoms with Gasteiger partial charge >= 0.3 is 0 Å². The van der Waals surface area contributed by atoms with Crippen molar-refractivity contribution in [2.45, 2.75) is 32.6 Å². The van der Waals surface area contributed by atoms with Gasteiger partial charge in [0.25, 0.3) is 5.91 Å². The number of sulfonamides is 1. The van der Waals surface area contributed by atoms with E-state index in [1.165, 1.54) is 16.4 Å². The van der Waals surface area contributed by atoms with Crippen LogP contribution in [0, 0.1) is 13.8 Å². The predicted molar refractivity (Wildman–Crippen MR) is 100 cm³/mol. The molecule has 0 aliphatic carbocycles. The fourth-order valence-corrected chi connectivity index (χ4v) is 4.19. The first kappa shape index (κ1) is 19.1. The molecule has 0 radical (unpaired) electrons. The van der Waals surface area contributed by atoms with Crippen LogP contribution in [-0.2, 0) is 10.0 Å². The Morgan fingerprint density at radius 3 is 1.96 bits per heavy atom. The van der Waals surface area contributed by atoms with Crippen LogP contribution in [-0.4, -0.2) is 31.7 Å². The zero-order valence-electron chi connectivity index (χ0n) is 15.0. The summed E-state index contributed by atoms with van der Waals surface area (Å²) in [6.45, 7) is 8.33. The van der Waals surface area contributed by atoms with Crippen molar-refractivity contribution < 1.29 is 13.2 Å². The lowest BCUT2D eigenvalue weighted by molar-refractivity contribution is 0.102. The quantitative estimate of drug-likeness (QED) is 0.856. The summed E-state index contributed by atoms with van der Waals surface area (Å²) in [7, 11) is -3.49. The van der Waals surface area contributed by atoms with Gasteiger partial charge in [0.05, 0.1) is 4.90 Å². The van der Waals surface area contributed by atoms with Crippen LogP contribution in [0.2, 0.25) is 0 Å². The molecule has 0 aromatic heterocycles. The zero-order valence-corrected chi connectivity index (χ0v) is 15.9. The van der Waals surface area contributed by atoms with Crippen molar-refractivity contribution in [2.75, 3.05) is 18.4 Å². The highest BCUT2D eigenvalue weighted by molar-refractivity contribution is 7.89. The second-order valence-electron chi connectivity index (χ2n) is 5.94. The summed E-state index contributed by atoms with van der Waals surface area (Å²) in [5.41, 5.74) is 3.18. The summed E-state index contributed by atoms with van der Waals surface area (Å²) < 4.78 is 26.3. The number of carbonyl (C=O) groups is 1. The van der Waals surface area contributed by atoms with Crippen LogP contribution in [0.15, 0.2) is 47.4 Å². The molecule has 2 rings (SSSR count). The molecule has 2 aromatic carbocycles. The predicted octanol–water partition coefficient (Wildman–Crippen LogP) is 3.59. The molecule has 0 heterocycles. The highest BCUT2D eigenvalue weighted by Crippen LogP contribution is 2.19. The normalized spacial score (nSPS) is 11.6. The van der Waals surface area contributed by atoms with Gasteiger partial charge in [-0.15, -0.1) is 0 Å². The van der Waals surface area contributed by atoms with Crippen molar-refractivity contribution in [1.82, 2.24) is 4.31 Å². The van der Waals surface area contributed by atoms with Gasteiger partial charge in [-0.25, -0.2) is 8.42 Å². The first-order valence-electron chi connectivity index (χ1n) is 8.27. The van der Waals surface area contributed by atoms with E-state index in [-0.39, 0.29) is 10.8 Å². The van der Waals surface area contributed by atoms with Crippen molar-refractivity contribution in [3.8, 4) is 0 Å². The van der Waals surface area contributed by atoms with E-state index in [0.29, 0.717) is 24.3 Å². The van der Waals surface area contributed by atoms with Gasteiger partial charge in [0.2, 0.25) is 10.0 Å². The van der Waals surface area contributed by atoms with Crippen molar-refractivity contribution in [1.29, 1.82) is 0 Å². The Morgan fingerprint density at radius 2 is 1.48 bits per heavy atom. The van der Waals surface area contributed by atoms with E-state index in [4.69, 9.17) is 0 Å². The minimum Gasteiger partial charge on any atom is -0.322 e. The summed E-state index contributed by atoms with van der Waals surface area (Å²) in [6.07, 6.45) is 0. The Balaban J connectivity index is 2.19. The molecule has 0 aliphatic heterocycles. The summed E-state index contributed by atoms with van der Waals surface area (Å²) in [5, 5.41) is 2.80. The number of anilines is 1. The lowest BCUT2D eigenvalue weighted by atomic mass is 10.1. The average molecular weight is 360 g/mol. The number of aryl methyl sites for hydroxylation is 2. The first-order chi connectivity index (χ1) is 11.8. The minimum atomic E-state index is -3.49. The number of benzene rings is 2. The molecule has 0 spiro atoms. The Morgan fingerprint density at radius 1 is 0.960 bits per heavy atom. The molecule has 2 aromatic rings. The number of rotatable bonds is 6. The van der Waals surface area contributed by atoms with Crippen molar-refractivity contribution >= 4 is 21.6 Å². The molecule has 25 heavy (non-hydrogen) atoms. The summed E-state index contributed by atoms with van der Waals surface area (Å²) in [5.74, 6) is -0.217. The first-order valence-corrected chi connectivity index (χ1v) is 9.71. The second-order valence-corrected chi connectivity index (χ2v) is 7.88. The highest BCUT2D eigenvalue weighted by atomic mass is 32.2. The Labute approximate surface area is 149 Å². The van der Waals surface area contributed by atoms with E-state index in [1.54, 1.807) is 26.0 Å². The number of nitrogens with one attached hydrogen (secondary N) is 1. The maximum atomic E-state index is 12.5.